The van der Waals surface area contributed by atoms with Crippen molar-refractivity contribution in [2.24, 2.45) is 4.99 Å². The monoisotopic (exact) mass is 579 g/mol. The average molecular weight is 581 g/mol. The van der Waals surface area contributed by atoms with Gasteiger partial charge in [0.1, 0.15) is 23.0 Å². The molecular formula is C25H23BrClNO6S. The van der Waals surface area contributed by atoms with Crippen molar-refractivity contribution in [2.45, 2.75) is 26.9 Å². The summed E-state index contributed by atoms with van der Waals surface area (Å²) in [5.41, 5.74) is 1.47. The highest BCUT2D eigenvalue weighted by Crippen LogP contribution is 2.42. The van der Waals surface area contributed by atoms with Crippen LogP contribution in [0.5, 0.6) is 11.5 Å². The molecule has 2 aromatic carbocycles. The van der Waals surface area contributed by atoms with Crippen molar-refractivity contribution in [2.75, 3.05) is 13.7 Å². The number of nitrogens with zero attached hydrogens (tertiary/aromatic N) is 1. The quantitative estimate of drug-likeness (QED) is 0.357. The molecular weight excluding hydrogens is 558 g/mol. The van der Waals surface area contributed by atoms with Gasteiger partial charge in [0, 0.05) is 11.4 Å². The molecule has 0 atom stereocenters. The van der Waals surface area contributed by atoms with E-state index >= 15 is 0 Å². The van der Waals surface area contributed by atoms with Crippen molar-refractivity contribution in [1.82, 2.24) is 0 Å². The maximum Gasteiger partial charge on any atom is 0.344 e. The Morgan fingerprint density at radius 3 is 2.54 bits per heavy atom. The van der Waals surface area contributed by atoms with Gasteiger partial charge < -0.3 is 19.3 Å². The molecule has 0 aromatic heterocycles. The number of benzene rings is 2. The van der Waals surface area contributed by atoms with Crippen LogP contribution in [0.4, 0.5) is 0 Å². The number of aliphatic imine (C=N–C) groups is 1. The molecule has 2 aromatic rings. The molecule has 1 amide bonds. The summed E-state index contributed by atoms with van der Waals surface area (Å²) in [6, 6.07) is 10.8. The highest BCUT2D eigenvalue weighted by molar-refractivity contribution is 9.10. The molecule has 0 radical (unpaired) electrons. The van der Waals surface area contributed by atoms with E-state index in [9.17, 15) is 14.7 Å². The molecule has 184 valence electrons. The maximum atomic E-state index is 12.4. The van der Waals surface area contributed by atoms with Crippen LogP contribution in [0.2, 0.25) is 5.02 Å². The van der Waals surface area contributed by atoms with Gasteiger partial charge >= 0.3 is 5.97 Å². The van der Waals surface area contributed by atoms with Gasteiger partial charge in [0.15, 0.2) is 11.5 Å². The predicted molar refractivity (Wildman–Crippen MR) is 141 cm³/mol. The van der Waals surface area contributed by atoms with Gasteiger partial charge in [0.25, 0.3) is 0 Å². The topological polar surface area (TPSA) is 94.4 Å². The third-order valence-corrected chi connectivity index (χ3v) is 6.61. The second kappa shape index (κ2) is 12.3. The molecule has 1 aliphatic heterocycles. The zero-order chi connectivity index (χ0) is 25.5. The number of thioether (sulfide) groups is 1. The van der Waals surface area contributed by atoms with E-state index in [0.717, 1.165) is 17.3 Å². The SMILES string of the molecule is CCOC(=O)C1=C(O)/C(=C/c2cc(Br)c(OCc3ccc(Cl)cc3)c(OC)c2)SC1=NC(=O)CC. The lowest BCUT2D eigenvalue weighted by atomic mass is 10.1. The molecule has 0 saturated heterocycles. The number of aliphatic hydroxyl groups excluding tert-OH is 1. The molecule has 0 spiro atoms. The molecule has 0 unspecified atom stereocenters. The first-order valence-electron chi connectivity index (χ1n) is 10.6. The summed E-state index contributed by atoms with van der Waals surface area (Å²) in [6.07, 6.45) is 1.83. The lowest BCUT2D eigenvalue weighted by Crippen LogP contribution is -2.14. The maximum absolute atomic E-state index is 12.4. The summed E-state index contributed by atoms with van der Waals surface area (Å²) >= 11 is 10.5. The number of ether oxygens (including phenoxy) is 3. The number of aliphatic hydroxyl groups is 1. The van der Waals surface area contributed by atoms with Crippen molar-refractivity contribution in [3.8, 4) is 11.5 Å². The number of halogens is 2. The van der Waals surface area contributed by atoms with Crippen molar-refractivity contribution in [1.29, 1.82) is 0 Å². The zero-order valence-corrected chi connectivity index (χ0v) is 22.4. The Balaban J connectivity index is 1.93. The molecule has 0 bridgehead atoms. The van der Waals surface area contributed by atoms with E-state index in [2.05, 4.69) is 20.9 Å². The fourth-order valence-corrected chi connectivity index (χ4v) is 4.77. The van der Waals surface area contributed by atoms with Crippen LogP contribution in [-0.4, -0.2) is 35.7 Å². The van der Waals surface area contributed by atoms with Gasteiger partial charge in [-0.2, -0.15) is 0 Å². The summed E-state index contributed by atoms with van der Waals surface area (Å²) in [6.45, 7) is 3.75. The average Bonchev–Trinajstić information content (AvgIpc) is 3.13. The molecule has 1 N–H and O–H groups in total. The van der Waals surface area contributed by atoms with E-state index in [1.165, 1.54) is 7.11 Å². The fraction of sp³-hybridized carbons (Fsp3) is 0.240. The normalized spacial score (nSPS) is 15.6. The standard InChI is InChI=1S/C25H23BrClNO6S/c1-4-20(29)28-24-21(25(31)33-5-2)22(30)19(35-24)12-15-10-17(26)23(18(11-15)32-3)34-13-14-6-8-16(27)9-7-14/h6-12,30H,4-5,13H2,1-3H3/b19-12-,28-24?. The first-order chi connectivity index (χ1) is 16.8. The van der Waals surface area contributed by atoms with Gasteiger partial charge in [-0.15, -0.1) is 0 Å². The van der Waals surface area contributed by atoms with Crippen LogP contribution in [0.1, 0.15) is 31.4 Å². The second-order valence-corrected chi connectivity index (χ2v) is 9.49. The van der Waals surface area contributed by atoms with Crippen LogP contribution in [0.25, 0.3) is 6.08 Å². The molecule has 0 aliphatic carbocycles. The summed E-state index contributed by atoms with van der Waals surface area (Å²) in [5.74, 6) is -0.476. The summed E-state index contributed by atoms with van der Waals surface area (Å²) in [4.78, 5) is 28.6. The summed E-state index contributed by atoms with van der Waals surface area (Å²) in [5, 5.41) is 11.5. The number of hydrogen-bond acceptors (Lipinski definition) is 7. The van der Waals surface area contributed by atoms with E-state index in [-0.39, 0.29) is 29.4 Å². The van der Waals surface area contributed by atoms with Gasteiger partial charge in [-0.05, 0) is 64.3 Å². The molecule has 7 nitrogen and oxygen atoms in total. The van der Waals surface area contributed by atoms with Crippen molar-refractivity contribution < 1.29 is 28.9 Å². The largest absolute Gasteiger partial charge is 0.506 e. The Labute approximate surface area is 220 Å². The molecule has 35 heavy (non-hydrogen) atoms. The van der Waals surface area contributed by atoms with Crippen LogP contribution < -0.4 is 9.47 Å². The van der Waals surface area contributed by atoms with Crippen molar-refractivity contribution >= 4 is 62.3 Å². The first kappa shape index (κ1) is 26.8. The molecule has 1 aliphatic rings. The Kier molecular flexibility index (Phi) is 9.42. The van der Waals surface area contributed by atoms with Crippen molar-refractivity contribution in [3.63, 3.8) is 0 Å². The lowest BCUT2D eigenvalue weighted by Gasteiger charge is -2.14. The van der Waals surface area contributed by atoms with Crippen LogP contribution >= 0.6 is 39.3 Å². The van der Waals surface area contributed by atoms with Gasteiger partial charge in [0.2, 0.25) is 5.91 Å². The summed E-state index contributed by atoms with van der Waals surface area (Å²) < 4.78 is 17.1. The van der Waals surface area contributed by atoms with Gasteiger partial charge in [-0.3, -0.25) is 4.79 Å². The van der Waals surface area contributed by atoms with Crippen LogP contribution in [0.3, 0.4) is 0 Å². The zero-order valence-electron chi connectivity index (χ0n) is 19.3. The number of carbonyl (C=O) groups is 2. The van der Waals surface area contributed by atoms with Gasteiger partial charge in [-0.1, -0.05) is 42.4 Å². The highest BCUT2D eigenvalue weighted by atomic mass is 79.9. The predicted octanol–water partition coefficient (Wildman–Crippen LogP) is 6.49. The third-order valence-electron chi connectivity index (χ3n) is 4.74. The number of amides is 1. The number of rotatable bonds is 8. The Bertz CT molecular complexity index is 1220. The molecule has 3 rings (SSSR count). The van der Waals surface area contributed by atoms with Gasteiger partial charge in [0.05, 0.1) is 23.1 Å². The van der Waals surface area contributed by atoms with Crippen LogP contribution in [0, 0.1) is 0 Å². The molecule has 10 heteroatoms. The Hall–Kier alpha value is -2.75. The molecule has 0 fully saturated rings. The van der Waals surface area contributed by atoms with Crippen molar-refractivity contribution in [3.05, 3.63) is 73.3 Å². The number of carbonyl (C=O) groups excluding carboxylic acids is 2. The number of hydrogen-bond donors (Lipinski definition) is 1. The Morgan fingerprint density at radius 2 is 1.91 bits per heavy atom. The second-order valence-electron chi connectivity index (χ2n) is 7.17. The van der Waals surface area contributed by atoms with E-state index < -0.39 is 11.9 Å². The minimum atomic E-state index is -0.742. The molecule has 1 heterocycles. The van der Waals surface area contributed by atoms with E-state index in [0.29, 0.717) is 38.1 Å². The fourth-order valence-electron chi connectivity index (χ4n) is 3.03. The minimum Gasteiger partial charge on any atom is -0.506 e. The number of methoxy groups -OCH3 is 1. The smallest absolute Gasteiger partial charge is 0.344 e. The first-order valence-corrected chi connectivity index (χ1v) is 12.6. The van der Waals surface area contributed by atoms with E-state index in [1.54, 1.807) is 44.2 Å². The molecule has 0 saturated carbocycles. The highest BCUT2D eigenvalue weighted by Gasteiger charge is 2.33. The third kappa shape index (κ3) is 6.68. The van der Waals surface area contributed by atoms with Gasteiger partial charge in [-0.25, -0.2) is 9.79 Å². The Morgan fingerprint density at radius 1 is 1.20 bits per heavy atom. The van der Waals surface area contributed by atoms with E-state index in [1.807, 2.05) is 12.1 Å². The summed E-state index contributed by atoms with van der Waals surface area (Å²) in [7, 11) is 1.52. The van der Waals surface area contributed by atoms with Crippen LogP contribution in [-0.2, 0) is 20.9 Å². The lowest BCUT2D eigenvalue weighted by molar-refractivity contribution is -0.138. The van der Waals surface area contributed by atoms with Crippen LogP contribution in [0.15, 0.2) is 62.1 Å². The minimum absolute atomic E-state index is 0.105. The number of esters is 1. The van der Waals surface area contributed by atoms with E-state index in [4.69, 9.17) is 25.8 Å².